The van der Waals surface area contributed by atoms with Crippen LogP contribution in [0.4, 0.5) is 0 Å². The van der Waals surface area contributed by atoms with E-state index < -0.39 is 0 Å². The highest BCUT2D eigenvalue weighted by atomic mass is 16.5. The summed E-state index contributed by atoms with van der Waals surface area (Å²) < 4.78 is 14.8. The van der Waals surface area contributed by atoms with Gasteiger partial charge in [0.1, 0.15) is 18.1 Å². The minimum Gasteiger partial charge on any atom is -0.492 e. The maximum atomic E-state index is 6.28. The molecule has 1 fully saturated rings. The second-order valence-electron chi connectivity index (χ2n) is 8.48. The summed E-state index contributed by atoms with van der Waals surface area (Å²) in [6.45, 7) is 9.18. The van der Waals surface area contributed by atoms with E-state index in [1.165, 1.54) is 5.56 Å². The molecule has 0 bridgehead atoms. The van der Waals surface area contributed by atoms with Gasteiger partial charge in [0.25, 0.3) is 0 Å². The minimum atomic E-state index is -0.0289. The second-order valence-corrected chi connectivity index (χ2v) is 8.48. The van der Waals surface area contributed by atoms with Crippen molar-refractivity contribution in [1.29, 1.82) is 0 Å². The lowest BCUT2D eigenvalue weighted by Crippen LogP contribution is -2.44. The largest absolute Gasteiger partial charge is 0.492 e. The molecule has 5 rings (SSSR count). The van der Waals surface area contributed by atoms with Crippen molar-refractivity contribution in [2.75, 3.05) is 39.3 Å². The number of hydrogen-bond donors (Lipinski definition) is 1. The molecule has 6 heteroatoms. The first-order chi connectivity index (χ1) is 15.3. The predicted molar refractivity (Wildman–Crippen MR) is 123 cm³/mol. The number of hydrogen-bond acceptors (Lipinski definition) is 5. The zero-order valence-corrected chi connectivity index (χ0v) is 18.3. The topological polar surface area (TPSA) is 51.6 Å². The van der Waals surface area contributed by atoms with E-state index in [0.29, 0.717) is 6.61 Å². The number of para-hydroxylation sites is 1. The molecular formula is C25H32N4O2. The van der Waals surface area contributed by atoms with Gasteiger partial charge in [-0.25, -0.2) is 4.98 Å². The molecule has 2 aliphatic rings. The summed E-state index contributed by atoms with van der Waals surface area (Å²) in [6, 6.07) is 14.6. The van der Waals surface area contributed by atoms with Crippen molar-refractivity contribution in [3.8, 4) is 11.5 Å². The summed E-state index contributed by atoms with van der Waals surface area (Å²) in [5, 5.41) is 3.39. The molecule has 3 aromatic rings. The number of aryl methyl sites for hydroxylation is 1. The van der Waals surface area contributed by atoms with E-state index in [4.69, 9.17) is 14.5 Å². The van der Waals surface area contributed by atoms with Crippen LogP contribution in [-0.2, 0) is 13.0 Å². The summed E-state index contributed by atoms with van der Waals surface area (Å²) >= 11 is 0. The second kappa shape index (κ2) is 9.28. The number of rotatable bonds is 8. The van der Waals surface area contributed by atoms with E-state index in [0.717, 1.165) is 86.9 Å². The molecule has 31 heavy (non-hydrogen) atoms. The molecule has 164 valence electrons. The van der Waals surface area contributed by atoms with Gasteiger partial charge in [-0.3, -0.25) is 4.90 Å². The third-order valence-electron chi connectivity index (χ3n) is 6.31. The van der Waals surface area contributed by atoms with Gasteiger partial charge in [0.15, 0.2) is 11.9 Å². The summed E-state index contributed by atoms with van der Waals surface area (Å²) in [5.41, 5.74) is 3.42. The van der Waals surface area contributed by atoms with Crippen LogP contribution in [0, 0.1) is 0 Å². The summed E-state index contributed by atoms with van der Waals surface area (Å²) in [7, 11) is 0. The fourth-order valence-electron chi connectivity index (χ4n) is 4.56. The van der Waals surface area contributed by atoms with Crippen LogP contribution < -0.4 is 14.8 Å². The molecule has 2 aliphatic heterocycles. The highest BCUT2D eigenvalue weighted by Crippen LogP contribution is 2.37. The maximum Gasteiger partial charge on any atom is 0.160 e. The van der Waals surface area contributed by atoms with Crippen molar-refractivity contribution < 1.29 is 9.47 Å². The van der Waals surface area contributed by atoms with Crippen LogP contribution in [-0.4, -0.2) is 53.8 Å². The third-order valence-corrected chi connectivity index (χ3v) is 6.31. The van der Waals surface area contributed by atoms with Gasteiger partial charge in [0, 0.05) is 51.8 Å². The average molecular weight is 421 g/mol. The van der Waals surface area contributed by atoms with Crippen LogP contribution in [0.5, 0.6) is 11.5 Å². The van der Waals surface area contributed by atoms with Crippen LogP contribution in [0.3, 0.4) is 0 Å². The van der Waals surface area contributed by atoms with E-state index in [9.17, 15) is 0 Å². The molecule has 2 aromatic carbocycles. The van der Waals surface area contributed by atoms with E-state index in [-0.39, 0.29) is 6.10 Å². The molecule has 0 aliphatic carbocycles. The van der Waals surface area contributed by atoms with Crippen molar-refractivity contribution in [2.45, 2.75) is 38.8 Å². The lowest BCUT2D eigenvalue weighted by atomic mass is 10.1. The SMILES string of the molecule is CCCCn1c(C2Cc3ccccc3O2)nc2ccc(OCCN3CCNCC3)cc21. The van der Waals surface area contributed by atoms with Crippen molar-refractivity contribution >= 4 is 11.0 Å². The number of benzene rings is 2. The summed E-state index contributed by atoms with van der Waals surface area (Å²) in [4.78, 5) is 7.44. The summed E-state index contributed by atoms with van der Waals surface area (Å²) in [6.07, 6.45) is 3.11. The van der Waals surface area contributed by atoms with Crippen LogP contribution >= 0.6 is 0 Å². The Morgan fingerprint density at radius 2 is 2.00 bits per heavy atom. The van der Waals surface area contributed by atoms with Crippen LogP contribution in [0.15, 0.2) is 42.5 Å². The molecule has 1 unspecified atom stereocenters. The van der Waals surface area contributed by atoms with Crippen molar-refractivity contribution in [1.82, 2.24) is 19.8 Å². The Balaban J connectivity index is 1.35. The molecule has 6 nitrogen and oxygen atoms in total. The van der Waals surface area contributed by atoms with E-state index in [2.05, 4.69) is 52.0 Å². The van der Waals surface area contributed by atoms with Gasteiger partial charge in [0.2, 0.25) is 0 Å². The molecule has 1 atom stereocenters. The molecule has 0 radical (unpaired) electrons. The van der Waals surface area contributed by atoms with Crippen molar-refractivity contribution in [2.24, 2.45) is 0 Å². The van der Waals surface area contributed by atoms with Crippen LogP contribution in [0.25, 0.3) is 11.0 Å². The predicted octanol–water partition coefficient (Wildman–Crippen LogP) is 3.80. The zero-order valence-electron chi connectivity index (χ0n) is 18.3. The highest BCUT2D eigenvalue weighted by molar-refractivity contribution is 5.78. The van der Waals surface area contributed by atoms with E-state index in [1.54, 1.807) is 0 Å². The number of nitrogens with zero attached hydrogens (tertiary/aromatic N) is 3. The Kier molecular flexibility index (Phi) is 6.09. The van der Waals surface area contributed by atoms with Crippen molar-refractivity contribution in [3.63, 3.8) is 0 Å². The van der Waals surface area contributed by atoms with Crippen LogP contribution in [0.1, 0.15) is 37.3 Å². The average Bonchev–Trinajstić information content (AvgIpc) is 3.39. The lowest BCUT2D eigenvalue weighted by Gasteiger charge is -2.26. The van der Waals surface area contributed by atoms with Gasteiger partial charge in [-0.05, 0) is 30.2 Å². The maximum absolute atomic E-state index is 6.28. The van der Waals surface area contributed by atoms with E-state index in [1.807, 2.05) is 12.1 Å². The van der Waals surface area contributed by atoms with Crippen molar-refractivity contribution in [3.05, 3.63) is 53.9 Å². The Labute approximate surface area is 184 Å². The van der Waals surface area contributed by atoms with Gasteiger partial charge in [-0.2, -0.15) is 0 Å². The molecule has 0 saturated carbocycles. The molecular weight excluding hydrogens is 388 g/mol. The normalized spacial score (nSPS) is 18.8. The van der Waals surface area contributed by atoms with E-state index >= 15 is 0 Å². The smallest absolute Gasteiger partial charge is 0.160 e. The Bertz CT molecular complexity index is 1000. The molecule has 3 heterocycles. The monoisotopic (exact) mass is 420 g/mol. The fraction of sp³-hybridized carbons (Fsp3) is 0.480. The minimum absolute atomic E-state index is 0.0289. The van der Waals surface area contributed by atoms with Gasteiger partial charge >= 0.3 is 0 Å². The quantitative estimate of drug-likeness (QED) is 0.601. The first kappa shape index (κ1) is 20.3. The molecule has 0 amide bonds. The fourth-order valence-corrected chi connectivity index (χ4v) is 4.56. The van der Waals surface area contributed by atoms with Gasteiger partial charge in [-0.1, -0.05) is 31.5 Å². The number of nitrogens with one attached hydrogen (secondary N) is 1. The number of ether oxygens (including phenoxy) is 2. The highest BCUT2D eigenvalue weighted by Gasteiger charge is 2.29. The van der Waals surface area contributed by atoms with Gasteiger partial charge in [-0.15, -0.1) is 0 Å². The first-order valence-corrected chi connectivity index (χ1v) is 11.6. The number of aromatic nitrogens is 2. The Morgan fingerprint density at radius 1 is 1.13 bits per heavy atom. The number of piperazine rings is 1. The molecule has 1 N–H and O–H groups in total. The zero-order chi connectivity index (χ0) is 21.0. The standard InChI is InChI=1S/C25H32N4O2/c1-2-3-12-29-22-18-20(30-16-15-28-13-10-26-11-14-28)8-9-21(22)27-25(29)24-17-19-6-4-5-7-23(19)31-24/h4-9,18,24,26H,2-3,10-17H2,1H3. The van der Waals surface area contributed by atoms with Gasteiger partial charge in [0.05, 0.1) is 11.0 Å². The molecule has 1 aromatic heterocycles. The molecule has 0 spiro atoms. The summed E-state index contributed by atoms with van der Waals surface area (Å²) in [5.74, 6) is 2.93. The van der Waals surface area contributed by atoms with Crippen LogP contribution in [0.2, 0.25) is 0 Å². The Morgan fingerprint density at radius 3 is 2.84 bits per heavy atom. The first-order valence-electron chi connectivity index (χ1n) is 11.6. The number of imidazole rings is 1. The molecule has 1 saturated heterocycles. The number of unbranched alkanes of at least 4 members (excludes halogenated alkanes) is 1. The number of fused-ring (bicyclic) bond motifs is 2. The van der Waals surface area contributed by atoms with Gasteiger partial charge < -0.3 is 19.4 Å². The third kappa shape index (κ3) is 4.41. The lowest BCUT2D eigenvalue weighted by molar-refractivity contribution is 0.191. The Hall–Kier alpha value is -2.57.